The van der Waals surface area contributed by atoms with E-state index in [9.17, 15) is 21.6 Å². The van der Waals surface area contributed by atoms with Crippen LogP contribution in [0.1, 0.15) is 12.5 Å². The fraction of sp³-hybridized carbons (Fsp3) is 0.143. The predicted molar refractivity (Wildman–Crippen MR) is 111 cm³/mol. The van der Waals surface area contributed by atoms with E-state index in [0.29, 0.717) is 5.02 Å². The van der Waals surface area contributed by atoms with Crippen LogP contribution in [-0.4, -0.2) is 15.0 Å². The van der Waals surface area contributed by atoms with Crippen molar-refractivity contribution < 1.29 is 31.1 Å². The van der Waals surface area contributed by atoms with Gasteiger partial charge in [-0.1, -0.05) is 23.2 Å². The Morgan fingerprint density at radius 2 is 1.58 bits per heavy atom. The number of sulfone groups is 1. The SMILES string of the molecule is CCOc1cc(Oc2ccc(C(F)(F)F)cc2Cl)ccc1S(=O)(=O)c1ccc(Cl)cc1. The highest BCUT2D eigenvalue weighted by Gasteiger charge is 2.31. The molecule has 3 rings (SSSR count). The Morgan fingerprint density at radius 3 is 2.16 bits per heavy atom. The molecule has 0 unspecified atom stereocenters. The molecule has 0 aliphatic rings. The fourth-order valence-corrected chi connectivity index (χ4v) is 4.39. The van der Waals surface area contributed by atoms with E-state index in [-0.39, 0.29) is 38.7 Å². The molecule has 0 aromatic heterocycles. The van der Waals surface area contributed by atoms with Crippen LogP contribution in [0, 0.1) is 0 Å². The van der Waals surface area contributed by atoms with E-state index in [1.165, 1.54) is 42.5 Å². The van der Waals surface area contributed by atoms with Crippen molar-refractivity contribution in [2.45, 2.75) is 22.9 Å². The third-order valence-corrected chi connectivity index (χ3v) is 6.47. The number of alkyl halides is 3. The summed E-state index contributed by atoms with van der Waals surface area (Å²) in [6.07, 6.45) is -4.54. The Morgan fingerprint density at radius 1 is 0.903 bits per heavy atom. The lowest BCUT2D eigenvalue weighted by atomic mass is 10.2. The number of hydrogen-bond donors (Lipinski definition) is 0. The molecule has 31 heavy (non-hydrogen) atoms. The molecule has 0 N–H and O–H groups in total. The van der Waals surface area contributed by atoms with Gasteiger partial charge in [-0.3, -0.25) is 0 Å². The van der Waals surface area contributed by atoms with Gasteiger partial charge in [0, 0.05) is 11.1 Å². The maximum atomic E-state index is 13.0. The van der Waals surface area contributed by atoms with Gasteiger partial charge in [-0.25, -0.2) is 8.42 Å². The Bertz CT molecular complexity index is 1190. The lowest BCUT2D eigenvalue weighted by Crippen LogP contribution is -2.06. The molecule has 0 saturated carbocycles. The summed E-state index contributed by atoms with van der Waals surface area (Å²) in [5.74, 6) is 0.142. The number of hydrogen-bond acceptors (Lipinski definition) is 4. The molecular formula is C21H15Cl2F3O4S. The standard InChI is InChI=1S/C21H15Cl2F3O4S/c1-2-29-19-12-15(30-18-9-3-13(11-17(18)23)21(24,25)26)6-10-20(19)31(27,28)16-7-4-14(22)5-8-16/h3-12H,2H2,1H3. The molecule has 0 heterocycles. The third kappa shape index (κ3) is 5.26. The van der Waals surface area contributed by atoms with Crippen LogP contribution in [0.2, 0.25) is 10.0 Å². The molecule has 0 amide bonds. The van der Waals surface area contributed by atoms with E-state index in [1.807, 2.05) is 0 Å². The first-order valence-corrected chi connectivity index (χ1v) is 11.1. The van der Waals surface area contributed by atoms with Crippen molar-refractivity contribution in [1.82, 2.24) is 0 Å². The average molecular weight is 491 g/mol. The molecule has 0 radical (unpaired) electrons. The van der Waals surface area contributed by atoms with Gasteiger partial charge in [0.05, 0.1) is 22.1 Å². The van der Waals surface area contributed by atoms with Crippen molar-refractivity contribution in [1.29, 1.82) is 0 Å². The summed E-state index contributed by atoms with van der Waals surface area (Å²) in [4.78, 5) is -0.0696. The predicted octanol–water partition coefficient (Wildman–Crippen LogP) is 7.04. The molecule has 0 fully saturated rings. The molecule has 164 valence electrons. The number of benzene rings is 3. The van der Waals surface area contributed by atoms with Crippen molar-refractivity contribution in [2.75, 3.05) is 6.61 Å². The van der Waals surface area contributed by atoms with Crippen LogP contribution < -0.4 is 9.47 Å². The van der Waals surface area contributed by atoms with Gasteiger partial charge < -0.3 is 9.47 Å². The van der Waals surface area contributed by atoms with E-state index in [1.54, 1.807) is 6.92 Å². The summed E-state index contributed by atoms with van der Waals surface area (Å²) in [6.45, 7) is 1.85. The fourth-order valence-electron chi connectivity index (χ4n) is 2.67. The van der Waals surface area contributed by atoms with Gasteiger partial charge in [-0.05, 0) is 61.5 Å². The van der Waals surface area contributed by atoms with Gasteiger partial charge in [0.1, 0.15) is 22.1 Å². The molecule has 0 spiro atoms. The normalized spacial score (nSPS) is 11.9. The maximum Gasteiger partial charge on any atom is 0.416 e. The van der Waals surface area contributed by atoms with E-state index < -0.39 is 21.6 Å². The van der Waals surface area contributed by atoms with Gasteiger partial charge in [-0.2, -0.15) is 13.2 Å². The second-order valence-corrected chi connectivity index (χ2v) is 9.01. The minimum absolute atomic E-state index is 0.0228. The van der Waals surface area contributed by atoms with Crippen LogP contribution >= 0.6 is 23.2 Å². The van der Waals surface area contributed by atoms with E-state index >= 15 is 0 Å². The molecule has 0 saturated heterocycles. The molecule has 3 aromatic rings. The second kappa shape index (κ2) is 8.98. The lowest BCUT2D eigenvalue weighted by molar-refractivity contribution is -0.137. The highest BCUT2D eigenvalue weighted by atomic mass is 35.5. The minimum Gasteiger partial charge on any atom is -0.492 e. The lowest BCUT2D eigenvalue weighted by Gasteiger charge is -2.15. The second-order valence-electron chi connectivity index (χ2n) is 6.24. The van der Waals surface area contributed by atoms with Gasteiger partial charge in [0.25, 0.3) is 0 Å². The van der Waals surface area contributed by atoms with Gasteiger partial charge in [0.2, 0.25) is 9.84 Å². The molecule has 0 atom stereocenters. The third-order valence-electron chi connectivity index (χ3n) is 4.12. The zero-order valence-corrected chi connectivity index (χ0v) is 18.2. The van der Waals surface area contributed by atoms with Crippen LogP contribution in [0.15, 0.2) is 70.5 Å². The first-order chi connectivity index (χ1) is 14.5. The molecule has 0 aliphatic heterocycles. The molecule has 10 heteroatoms. The molecule has 4 nitrogen and oxygen atoms in total. The molecule has 0 bridgehead atoms. The van der Waals surface area contributed by atoms with Crippen LogP contribution in [0.4, 0.5) is 13.2 Å². The summed E-state index contributed by atoms with van der Waals surface area (Å²) in [5.41, 5.74) is -0.913. The Balaban J connectivity index is 1.96. The minimum atomic E-state index is -4.54. The first-order valence-electron chi connectivity index (χ1n) is 8.84. The van der Waals surface area contributed by atoms with Crippen molar-refractivity contribution in [3.8, 4) is 17.2 Å². The monoisotopic (exact) mass is 490 g/mol. The molecule has 3 aromatic carbocycles. The summed E-state index contributed by atoms with van der Waals surface area (Å²) < 4.78 is 75.5. The highest BCUT2D eigenvalue weighted by molar-refractivity contribution is 7.91. The average Bonchev–Trinajstić information content (AvgIpc) is 2.69. The van der Waals surface area contributed by atoms with Crippen molar-refractivity contribution >= 4 is 33.0 Å². The maximum absolute atomic E-state index is 13.0. The van der Waals surface area contributed by atoms with Crippen LogP contribution in [0.25, 0.3) is 0 Å². The quantitative estimate of drug-likeness (QED) is 0.371. The van der Waals surface area contributed by atoms with Gasteiger partial charge >= 0.3 is 6.18 Å². The van der Waals surface area contributed by atoms with Crippen LogP contribution in [0.3, 0.4) is 0 Å². The largest absolute Gasteiger partial charge is 0.492 e. The molecule has 0 aliphatic carbocycles. The zero-order valence-electron chi connectivity index (χ0n) is 15.9. The van der Waals surface area contributed by atoms with Gasteiger partial charge in [-0.15, -0.1) is 0 Å². The number of rotatable bonds is 6. The first kappa shape index (κ1) is 23.2. The van der Waals surface area contributed by atoms with Crippen molar-refractivity contribution in [3.05, 3.63) is 76.3 Å². The summed E-state index contributed by atoms with van der Waals surface area (Å²) in [7, 11) is -3.92. The Hall–Kier alpha value is -2.42. The summed E-state index contributed by atoms with van der Waals surface area (Å²) >= 11 is 11.7. The van der Waals surface area contributed by atoms with Crippen LogP contribution in [-0.2, 0) is 16.0 Å². The number of halogens is 5. The van der Waals surface area contributed by atoms with E-state index in [0.717, 1.165) is 18.2 Å². The highest BCUT2D eigenvalue weighted by Crippen LogP contribution is 2.38. The van der Waals surface area contributed by atoms with Crippen LogP contribution in [0.5, 0.6) is 17.2 Å². The Kier molecular flexibility index (Phi) is 6.73. The van der Waals surface area contributed by atoms with Gasteiger partial charge in [0.15, 0.2) is 0 Å². The zero-order chi connectivity index (χ0) is 22.8. The van der Waals surface area contributed by atoms with Crippen molar-refractivity contribution in [2.24, 2.45) is 0 Å². The smallest absolute Gasteiger partial charge is 0.416 e. The summed E-state index contributed by atoms with van der Waals surface area (Å²) in [5, 5.41) is 0.145. The molecular weight excluding hydrogens is 476 g/mol. The Labute approximate surface area is 187 Å². The van der Waals surface area contributed by atoms with Crippen molar-refractivity contribution in [3.63, 3.8) is 0 Å². The van der Waals surface area contributed by atoms with E-state index in [4.69, 9.17) is 32.7 Å². The topological polar surface area (TPSA) is 52.6 Å². The summed E-state index contributed by atoms with van der Waals surface area (Å²) in [6, 6.07) is 12.3. The number of ether oxygens (including phenoxy) is 2. The van der Waals surface area contributed by atoms with E-state index in [2.05, 4.69) is 0 Å².